The van der Waals surface area contributed by atoms with E-state index in [2.05, 4.69) is 152 Å². The van der Waals surface area contributed by atoms with Crippen LogP contribution in [0.3, 0.4) is 0 Å². The van der Waals surface area contributed by atoms with Crippen LogP contribution in [0.1, 0.15) is 0 Å². The van der Waals surface area contributed by atoms with Gasteiger partial charge in [-0.25, -0.2) is 15.0 Å². The van der Waals surface area contributed by atoms with E-state index < -0.39 is 0 Å². The lowest BCUT2D eigenvalue weighted by molar-refractivity contribution is 0.669. The van der Waals surface area contributed by atoms with Crippen molar-refractivity contribution < 1.29 is 4.42 Å². The maximum atomic E-state index is 6.52. The molecule has 228 valence electrons. The van der Waals surface area contributed by atoms with Gasteiger partial charge in [0.1, 0.15) is 11.2 Å². The van der Waals surface area contributed by atoms with Gasteiger partial charge in [0, 0.05) is 27.5 Å². The molecular weight excluding hydrogens is 599 g/mol. The molecule has 10 aromatic rings. The lowest BCUT2D eigenvalue weighted by Gasteiger charge is -2.12. The van der Waals surface area contributed by atoms with E-state index in [0.29, 0.717) is 17.5 Å². The first-order valence-corrected chi connectivity index (χ1v) is 16.4. The Labute approximate surface area is 282 Å². The smallest absolute Gasteiger partial charge is 0.164 e. The van der Waals surface area contributed by atoms with Crippen molar-refractivity contribution in [3.8, 4) is 45.3 Å². The van der Waals surface area contributed by atoms with Gasteiger partial charge in [-0.1, -0.05) is 127 Å². The summed E-state index contributed by atoms with van der Waals surface area (Å²) in [6.45, 7) is 0. The first-order chi connectivity index (χ1) is 24.2. The Balaban J connectivity index is 1.23. The van der Waals surface area contributed by atoms with Gasteiger partial charge in [0.15, 0.2) is 17.5 Å². The predicted octanol–water partition coefficient (Wildman–Crippen LogP) is 11.9. The fourth-order valence-electron chi connectivity index (χ4n) is 6.99. The molecule has 49 heavy (non-hydrogen) atoms. The van der Waals surface area contributed by atoms with Crippen LogP contribution in [0, 0.1) is 0 Å². The van der Waals surface area contributed by atoms with E-state index in [1.54, 1.807) is 0 Å². The molecule has 0 fully saturated rings. The molecule has 0 saturated heterocycles. The number of rotatable bonds is 4. The van der Waals surface area contributed by atoms with Gasteiger partial charge in [0.2, 0.25) is 0 Å². The van der Waals surface area contributed by atoms with Crippen LogP contribution in [0.4, 0.5) is 0 Å². The summed E-state index contributed by atoms with van der Waals surface area (Å²) in [4.78, 5) is 15.4. The molecule has 4 nitrogen and oxygen atoms in total. The predicted molar refractivity (Wildman–Crippen MR) is 201 cm³/mol. The van der Waals surface area contributed by atoms with Crippen LogP contribution < -0.4 is 0 Å². The average molecular weight is 626 g/mol. The SMILES string of the molecule is c1ccc2cc(-c3nc(-c4ccc5ccccc5c4)nc(-c4cc(-c5ccc6ccccc6c5)c5c(c4)oc4ccccc45)n3)ccc2c1. The van der Waals surface area contributed by atoms with Crippen molar-refractivity contribution in [3.63, 3.8) is 0 Å². The van der Waals surface area contributed by atoms with Crippen LogP contribution in [0.25, 0.3) is 99.5 Å². The standard InChI is InChI=1S/C45H27N3O/c1-4-12-31-23-34(20-17-28(31)9-1)39-26-37(27-41-42(39)38-15-7-8-16-40(38)49-41)45-47-43(35-21-18-29-10-2-5-13-32(29)24-35)46-44(48-45)36-22-19-30-11-3-6-14-33(30)25-36/h1-27H. The molecule has 0 radical (unpaired) electrons. The number of aromatic nitrogens is 3. The maximum absolute atomic E-state index is 6.52. The molecule has 0 unspecified atom stereocenters. The van der Waals surface area contributed by atoms with Gasteiger partial charge in [-0.15, -0.1) is 0 Å². The first kappa shape index (κ1) is 27.5. The summed E-state index contributed by atoms with van der Waals surface area (Å²) in [5.41, 5.74) is 6.55. The molecule has 0 aliphatic heterocycles. The molecule has 0 aliphatic rings. The Hall–Kier alpha value is -6.65. The molecule has 0 N–H and O–H groups in total. The average Bonchev–Trinajstić information content (AvgIpc) is 3.55. The third-order valence-electron chi connectivity index (χ3n) is 9.45. The van der Waals surface area contributed by atoms with Crippen LogP contribution in [-0.2, 0) is 0 Å². The Morgan fingerprint density at radius 1 is 0.327 bits per heavy atom. The lowest BCUT2D eigenvalue weighted by Crippen LogP contribution is -2.00. The second-order valence-electron chi connectivity index (χ2n) is 12.5. The highest BCUT2D eigenvalue weighted by Crippen LogP contribution is 2.41. The number of benzene rings is 8. The highest BCUT2D eigenvalue weighted by atomic mass is 16.3. The third-order valence-corrected chi connectivity index (χ3v) is 9.45. The number of furan rings is 1. The molecule has 0 saturated carbocycles. The van der Waals surface area contributed by atoms with Crippen LogP contribution in [0.2, 0.25) is 0 Å². The summed E-state index contributed by atoms with van der Waals surface area (Å²) in [6.07, 6.45) is 0. The molecule has 8 aromatic carbocycles. The molecule has 0 spiro atoms. The molecule has 0 amide bonds. The molecule has 2 aromatic heterocycles. The topological polar surface area (TPSA) is 51.8 Å². The van der Waals surface area contributed by atoms with Gasteiger partial charge in [0.25, 0.3) is 0 Å². The summed E-state index contributed by atoms with van der Waals surface area (Å²) in [7, 11) is 0. The minimum absolute atomic E-state index is 0.589. The molecule has 4 heteroatoms. The highest BCUT2D eigenvalue weighted by molar-refractivity contribution is 6.14. The van der Waals surface area contributed by atoms with Crippen molar-refractivity contribution in [2.45, 2.75) is 0 Å². The zero-order valence-electron chi connectivity index (χ0n) is 26.3. The number of hydrogen-bond acceptors (Lipinski definition) is 4. The summed E-state index contributed by atoms with van der Waals surface area (Å²) >= 11 is 0. The number of nitrogens with zero attached hydrogens (tertiary/aromatic N) is 3. The summed E-state index contributed by atoms with van der Waals surface area (Å²) in [5, 5.41) is 9.16. The largest absolute Gasteiger partial charge is 0.456 e. The Morgan fingerprint density at radius 2 is 0.776 bits per heavy atom. The number of fused-ring (bicyclic) bond motifs is 6. The Bertz CT molecular complexity index is 2810. The lowest BCUT2D eigenvalue weighted by atomic mass is 9.95. The second kappa shape index (κ2) is 11.0. The van der Waals surface area contributed by atoms with E-state index >= 15 is 0 Å². The fraction of sp³-hybridized carbons (Fsp3) is 0. The van der Waals surface area contributed by atoms with Crippen LogP contribution in [0.5, 0.6) is 0 Å². The molecular formula is C45H27N3O. The van der Waals surface area contributed by atoms with E-state index in [1.807, 2.05) is 12.1 Å². The van der Waals surface area contributed by atoms with Gasteiger partial charge >= 0.3 is 0 Å². The van der Waals surface area contributed by atoms with Crippen LogP contribution in [0.15, 0.2) is 168 Å². The molecule has 2 heterocycles. The zero-order chi connectivity index (χ0) is 32.3. The van der Waals surface area contributed by atoms with Crippen molar-refractivity contribution in [1.82, 2.24) is 15.0 Å². The molecule has 0 atom stereocenters. The van der Waals surface area contributed by atoms with Crippen molar-refractivity contribution in [3.05, 3.63) is 164 Å². The summed E-state index contributed by atoms with van der Waals surface area (Å²) in [6, 6.07) is 57.1. The Kier molecular flexibility index (Phi) is 6.15. The van der Waals surface area contributed by atoms with Crippen molar-refractivity contribution in [2.24, 2.45) is 0 Å². The van der Waals surface area contributed by atoms with Crippen LogP contribution in [-0.4, -0.2) is 15.0 Å². The molecule has 0 aliphatic carbocycles. The van der Waals surface area contributed by atoms with Gasteiger partial charge in [-0.3, -0.25) is 0 Å². The van der Waals surface area contributed by atoms with Gasteiger partial charge in [0.05, 0.1) is 0 Å². The molecule has 0 bridgehead atoms. The zero-order valence-corrected chi connectivity index (χ0v) is 26.3. The van der Waals surface area contributed by atoms with Crippen molar-refractivity contribution in [2.75, 3.05) is 0 Å². The van der Waals surface area contributed by atoms with Crippen molar-refractivity contribution >= 4 is 54.3 Å². The minimum Gasteiger partial charge on any atom is -0.456 e. The van der Waals surface area contributed by atoms with Gasteiger partial charge in [-0.05, 0) is 79.8 Å². The van der Waals surface area contributed by atoms with Crippen molar-refractivity contribution in [1.29, 1.82) is 0 Å². The van der Waals surface area contributed by atoms with E-state index in [0.717, 1.165) is 60.5 Å². The minimum atomic E-state index is 0.589. The number of para-hydroxylation sites is 1. The first-order valence-electron chi connectivity index (χ1n) is 16.4. The summed E-state index contributed by atoms with van der Waals surface area (Å²) < 4.78 is 6.52. The Morgan fingerprint density at radius 3 is 1.35 bits per heavy atom. The van der Waals surface area contributed by atoms with E-state index in [-0.39, 0.29) is 0 Å². The monoisotopic (exact) mass is 625 g/mol. The van der Waals surface area contributed by atoms with E-state index in [4.69, 9.17) is 19.4 Å². The van der Waals surface area contributed by atoms with Crippen LogP contribution >= 0.6 is 0 Å². The quantitative estimate of drug-likeness (QED) is 0.195. The van der Waals surface area contributed by atoms with E-state index in [9.17, 15) is 0 Å². The van der Waals surface area contributed by atoms with Gasteiger partial charge < -0.3 is 4.42 Å². The number of hydrogen-bond donors (Lipinski definition) is 0. The maximum Gasteiger partial charge on any atom is 0.164 e. The molecule has 10 rings (SSSR count). The van der Waals surface area contributed by atoms with E-state index in [1.165, 1.54) is 21.5 Å². The van der Waals surface area contributed by atoms with Gasteiger partial charge in [-0.2, -0.15) is 0 Å². The summed E-state index contributed by atoms with van der Waals surface area (Å²) in [5.74, 6) is 1.83. The fourth-order valence-corrected chi connectivity index (χ4v) is 6.99. The third kappa shape index (κ3) is 4.73. The normalized spacial score (nSPS) is 11.7. The highest BCUT2D eigenvalue weighted by Gasteiger charge is 2.19. The second-order valence-corrected chi connectivity index (χ2v) is 12.5.